The highest BCUT2D eigenvalue weighted by molar-refractivity contribution is 7.91. The van der Waals surface area contributed by atoms with Gasteiger partial charge in [0.05, 0.1) is 12.8 Å². The number of rotatable bonds is 5. The first kappa shape index (κ1) is 15.2. The number of aromatic nitrogens is 1. The van der Waals surface area contributed by atoms with Crippen molar-refractivity contribution in [2.45, 2.75) is 42.4 Å². The standard InChI is InChI=1S/C11H17ClN2O3S2/c12-11-13-8-10(18-11)19(16,17)14(6-7-15)9-4-2-1-3-5-9/h8-9,15H,1-7H2. The fraction of sp³-hybridized carbons (Fsp3) is 0.727. The lowest BCUT2D eigenvalue weighted by atomic mass is 9.95. The third-order valence-corrected chi connectivity index (χ3v) is 6.82. The summed E-state index contributed by atoms with van der Waals surface area (Å²) in [6.45, 7) is -0.0508. The molecule has 1 aliphatic rings. The number of nitrogens with zero attached hydrogens (tertiary/aromatic N) is 2. The van der Waals surface area contributed by atoms with E-state index in [1.165, 1.54) is 10.5 Å². The summed E-state index contributed by atoms with van der Waals surface area (Å²) in [6, 6.07) is -0.0215. The Labute approximate surface area is 122 Å². The van der Waals surface area contributed by atoms with Crippen LogP contribution in [0.1, 0.15) is 32.1 Å². The minimum atomic E-state index is -3.60. The summed E-state index contributed by atoms with van der Waals surface area (Å²) in [4.78, 5) is 3.79. The molecule has 1 saturated carbocycles. The van der Waals surface area contributed by atoms with Gasteiger partial charge in [0.2, 0.25) is 0 Å². The Hall–Kier alpha value is -0.210. The first-order valence-corrected chi connectivity index (χ1v) is 8.93. The van der Waals surface area contributed by atoms with Crippen LogP contribution in [0.4, 0.5) is 0 Å². The van der Waals surface area contributed by atoms with Crippen LogP contribution in [0.15, 0.2) is 10.4 Å². The van der Waals surface area contributed by atoms with E-state index in [-0.39, 0.29) is 27.9 Å². The summed E-state index contributed by atoms with van der Waals surface area (Å²) in [5, 5.41) is 9.14. The summed E-state index contributed by atoms with van der Waals surface area (Å²) in [5.41, 5.74) is 0. The molecule has 0 spiro atoms. The van der Waals surface area contributed by atoms with Crippen LogP contribution in [0, 0.1) is 0 Å². The molecule has 0 aliphatic heterocycles. The lowest BCUT2D eigenvalue weighted by Gasteiger charge is -2.32. The van der Waals surface area contributed by atoms with Crippen LogP contribution in [-0.2, 0) is 10.0 Å². The molecule has 1 fully saturated rings. The minimum absolute atomic E-state index is 0.0215. The van der Waals surface area contributed by atoms with Gasteiger partial charge in [0.15, 0.2) is 8.68 Å². The average molecular weight is 325 g/mol. The van der Waals surface area contributed by atoms with E-state index in [1.807, 2.05) is 0 Å². The van der Waals surface area contributed by atoms with Crippen LogP contribution in [0.25, 0.3) is 0 Å². The van der Waals surface area contributed by atoms with Gasteiger partial charge in [0, 0.05) is 12.6 Å². The number of thiazole rings is 1. The number of aliphatic hydroxyl groups is 1. The molecule has 1 aromatic rings. The Bertz CT molecular complexity index is 512. The van der Waals surface area contributed by atoms with Crippen LogP contribution in [0.5, 0.6) is 0 Å². The zero-order valence-corrected chi connectivity index (χ0v) is 12.8. The molecule has 1 N–H and O–H groups in total. The van der Waals surface area contributed by atoms with Gasteiger partial charge in [0.1, 0.15) is 0 Å². The third kappa shape index (κ3) is 3.46. The van der Waals surface area contributed by atoms with Gasteiger partial charge in [-0.1, -0.05) is 42.2 Å². The predicted molar refractivity (Wildman–Crippen MR) is 75.0 cm³/mol. The zero-order valence-electron chi connectivity index (χ0n) is 10.5. The van der Waals surface area contributed by atoms with Crippen LogP contribution < -0.4 is 0 Å². The van der Waals surface area contributed by atoms with Crippen molar-refractivity contribution in [3.05, 3.63) is 10.7 Å². The second kappa shape index (κ2) is 6.49. The highest BCUT2D eigenvalue weighted by Gasteiger charge is 2.33. The van der Waals surface area contributed by atoms with Crippen molar-refractivity contribution in [1.82, 2.24) is 9.29 Å². The molecule has 1 aromatic heterocycles. The Kier molecular flexibility index (Phi) is 5.19. The second-order valence-corrected chi connectivity index (χ2v) is 8.29. The summed E-state index contributed by atoms with van der Waals surface area (Å²) < 4.78 is 26.9. The van der Waals surface area contributed by atoms with Gasteiger partial charge in [0.25, 0.3) is 10.0 Å². The van der Waals surface area contributed by atoms with Gasteiger partial charge < -0.3 is 5.11 Å². The number of halogens is 1. The molecule has 0 unspecified atom stereocenters. The molecule has 0 aromatic carbocycles. The van der Waals surface area contributed by atoms with Crippen molar-refractivity contribution in [2.75, 3.05) is 13.2 Å². The fourth-order valence-corrected chi connectivity index (χ4v) is 5.54. The van der Waals surface area contributed by atoms with E-state index in [1.54, 1.807) is 0 Å². The molecule has 0 amide bonds. The molecule has 19 heavy (non-hydrogen) atoms. The molecule has 5 nitrogen and oxygen atoms in total. The predicted octanol–water partition coefficient (Wildman–Crippen LogP) is 2.11. The van der Waals surface area contributed by atoms with Crippen LogP contribution in [-0.4, -0.2) is 42.0 Å². The second-order valence-electron chi connectivity index (χ2n) is 4.56. The average Bonchev–Trinajstić information content (AvgIpc) is 2.84. The lowest BCUT2D eigenvalue weighted by molar-refractivity contribution is 0.199. The van der Waals surface area contributed by atoms with Gasteiger partial charge in [-0.15, -0.1) is 0 Å². The zero-order chi connectivity index (χ0) is 13.9. The molecule has 0 atom stereocenters. The van der Waals surface area contributed by atoms with E-state index < -0.39 is 10.0 Å². The van der Waals surface area contributed by atoms with E-state index in [9.17, 15) is 8.42 Å². The molecule has 8 heteroatoms. The molecule has 0 radical (unpaired) electrons. The SMILES string of the molecule is O=S(=O)(c1cnc(Cl)s1)N(CCO)C1CCCCC1. The van der Waals surface area contributed by atoms with Crippen LogP contribution in [0.2, 0.25) is 4.47 Å². The van der Waals surface area contributed by atoms with Crippen molar-refractivity contribution >= 4 is 33.0 Å². The van der Waals surface area contributed by atoms with E-state index >= 15 is 0 Å². The van der Waals surface area contributed by atoms with Gasteiger partial charge in [-0.2, -0.15) is 4.31 Å². The summed E-state index contributed by atoms with van der Waals surface area (Å²) in [5.74, 6) is 0. The normalized spacial score (nSPS) is 18.1. The smallest absolute Gasteiger partial charge is 0.254 e. The quantitative estimate of drug-likeness (QED) is 0.900. The highest BCUT2D eigenvalue weighted by atomic mass is 35.5. The molecule has 0 saturated heterocycles. The number of aliphatic hydroxyl groups excluding tert-OH is 1. The maximum atomic E-state index is 12.6. The van der Waals surface area contributed by atoms with E-state index in [0.717, 1.165) is 43.4 Å². The van der Waals surface area contributed by atoms with Gasteiger partial charge in [-0.25, -0.2) is 13.4 Å². The summed E-state index contributed by atoms with van der Waals surface area (Å²) in [7, 11) is -3.60. The molecule has 108 valence electrons. The number of hydrogen-bond acceptors (Lipinski definition) is 5. The summed E-state index contributed by atoms with van der Waals surface area (Å²) in [6.07, 6.45) is 6.21. The maximum Gasteiger partial charge on any atom is 0.254 e. The number of sulfonamides is 1. The van der Waals surface area contributed by atoms with Crippen LogP contribution in [0.3, 0.4) is 0 Å². The molecule has 2 rings (SSSR count). The highest BCUT2D eigenvalue weighted by Crippen LogP contribution is 2.30. The monoisotopic (exact) mass is 324 g/mol. The Morgan fingerprint density at radius 1 is 1.42 bits per heavy atom. The molecule has 0 bridgehead atoms. The fourth-order valence-electron chi connectivity index (χ4n) is 2.44. The Morgan fingerprint density at radius 2 is 2.11 bits per heavy atom. The third-order valence-electron chi connectivity index (χ3n) is 3.32. The van der Waals surface area contributed by atoms with Crippen molar-refractivity contribution in [2.24, 2.45) is 0 Å². The van der Waals surface area contributed by atoms with Crippen molar-refractivity contribution in [3.63, 3.8) is 0 Å². The van der Waals surface area contributed by atoms with Crippen molar-refractivity contribution in [1.29, 1.82) is 0 Å². The molecular weight excluding hydrogens is 308 g/mol. The first-order chi connectivity index (χ1) is 9.05. The van der Waals surface area contributed by atoms with E-state index in [2.05, 4.69) is 4.98 Å². The topological polar surface area (TPSA) is 70.5 Å². The van der Waals surface area contributed by atoms with Crippen molar-refractivity contribution < 1.29 is 13.5 Å². The number of hydrogen-bond donors (Lipinski definition) is 1. The largest absolute Gasteiger partial charge is 0.395 e. The Morgan fingerprint density at radius 3 is 2.63 bits per heavy atom. The molecule has 1 aliphatic carbocycles. The lowest BCUT2D eigenvalue weighted by Crippen LogP contribution is -2.42. The van der Waals surface area contributed by atoms with Crippen molar-refractivity contribution in [3.8, 4) is 0 Å². The summed E-state index contributed by atoms with van der Waals surface area (Å²) >= 11 is 6.66. The molecule has 1 heterocycles. The van der Waals surface area contributed by atoms with Crippen LogP contribution >= 0.6 is 22.9 Å². The van der Waals surface area contributed by atoms with Gasteiger partial charge >= 0.3 is 0 Å². The Balaban J connectivity index is 2.26. The molecular formula is C11H17ClN2O3S2. The van der Waals surface area contributed by atoms with Gasteiger partial charge in [-0.3, -0.25) is 0 Å². The maximum absolute atomic E-state index is 12.6. The first-order valence-electron chi connectivity index (χ1n) is 6.29. The van der Waals surface area contributed by atoms with E-state index in [4.69, 9.17) is 16.7 Å². The van der Waals surface area contributed by atoms with E-state index in [0.29, 0.717) is 0 Å². The minimum Gasteiger partial charge on any atom is -0.395 e. The van der Waals surface area contributed by atoms with Gasteiger partial charge in [-0.05, 0) is 12.8 Å².